The Labute approximate surface area is 274 Å². The van der Waals surface area contributed by atoms with Crippen LogP contribution in [0.25, 0.3) is 0 Å². The first-order chi connectivity index (χ1) is 21.2. The molecule has 2 atom stereocenters. The molecule has 4 heteroatoms. The summed E-state index contributed by atoms with van der Waals surface area (Å²) in [5.41, 5.74) is 0. The minimum atomic E-state index is -2.14. The lowest BCUT2D eigenvalue weighted by atomic mass is 10.3. The third-order valence-corrected chi connectivity index (χ3v) is 21.4. The standard InChI is InChI=1S/C39H34Br2P2/c40-38(42(32-19-7-1-8-20-32,33-21-9-2-10-22-33)34-23-11-3-12-24-34)31-39(41)43(35-25-13-4-14-26-35,36-27-15-5-16-28-36)37-29-17-6-18-30-37/h1-30,38-39H,31H2/q+2. The normalized spacial score (nSPS) is 13.3. The maximum Gasteiger partial charge on any atom is 0.142 e. The number of alkyl halides is 2. The zero-order chi connectivity index (χ0) is 29.5. The van der Waals surface area contributed by atoms with Crippen LogP contribution in [0, 0.1) is 0 Å². The molecule has 212 valence electrons. The summed E-state index contributed by atoms with van der Waals surface area (Å²) in [7, 11) is -4.28. The van der Waals surface area contributed by atoms with Crippen molar-refractivity contribution in [1.82, 2.24) is 0 Å². The maximum atomic E-state index is 4.46. The number of benzene rings is 6. The molecule has 0 aromatic heterocycles. The van der Waals surface area contributed by atoms with Crippen LogP contribution in [0.3, 0.4) is 0 Å². The summed E-state index contributed by atoms with van der Waals surface area (Å²) in [5.74, 6) is 0. The van der Waals surface area contributed by atoms with Crippen LogP contribution in [-0.2, 0) is 0 Å². The Kier molecular flexibility index (Phi) is 9.71. The van der Waals surface area contributed by atoms with Crippen LogP contribution in [0.2, 0.25) is 0 Å². The van der Waals surface area contributed by atoms with Crippen LogP contribution in [0.15, 0.2) is 182 Å². The van der Waals surface area contributed by atoms with Gasteiger partial charge in [-0.1, -0.05) is 109 Å². The topological polar surface area (TPSA) is 0 Å². The summed E-state index contributed by atoms with van der Waals surface area (Å²) in [6.45, 7) is 0. The van der Waals surface area contributed by atoms with Gasteiger partial charge < -0.3 is 0 Å². The molecule has 0 N–H and O–H groups in total. The molecule has 0 aliphatic rings. The molecule has 0 nitrogen and oxygen atoms in total. The fourth-order valence-electron chi connectivity index (χ4n) is 6.32. The van der Waals surface area contributed by atoms with Gasteiger partial charge in [0.15, 0.2) is 0 Å². The predicted octanol–water partition coefficient (Wildman–Crippen LogP) is 8.81. The lowest BCUT2D eigenvalue weighted by molar-refractivity contribution is 1.03. The van der Waals surface area contributed by atoms with Gasteiger partial charge in [-0.25, -0.2) is 0 Å². The molecular weight excluding hydrogens is 690 g/mol. The van der Waals surface area contributed by atoms with Gasteiger partial charge in [0.05, 0.1) is 0 Å². The summed E-state index contributed by atoms with van der Waals surface area (Å²) in [4.78, 5) is 0. The van der Waals surface area contributed by atoms with E-state index in [1.165, 1.54) is 31.8 Å². The predicted molar refractivity (Wildman–Crippen MR) is 200 cm³/mol. The molecule has 0 aliphatic heterocycles. The van der Waals surface area contributed by atoms with Gasteiger partial charge >= 0.3 is 0 Å². The van der Waals surface area contributed by atoms with Crippen molar-refractivity contribution in [3.63, 3.8) is 0 Å². The van der Waals surface area contributed by atoms with Crippen molar-refractivity contribution in [2.24, 2.45) is 0 Å². The molecule has 0 heterocycles. The molecule has 0 saturated carbocycles. The highest BCUT2D eigenvalue weighted by atomic mass is 79.9. The number of halogens is 2. The van der Waals surface area contributed by atoms with Gasteiger partial charge in [0.1, 0.15) is 55.5 Å². The third kappa shape index (κ3) is 5.72. The first-order valence-corrected chi connectivity index (χ1v) is 20.1. The fraction of sp³-hybridized carbons (Fsp3) is 0.0769. The Balaban J connectivity index is 1.58. The van der Waals surface area contributed by atoms with E-state index in [0.29, 0.717) is 0 Å². The quantitative estimate of drug-likeness (QED) is 0.0980. The SMILES string of the molecule is BrC(CC(Br)[P+](c1ccccc1)(c1ccccc1)c1ccccc1)[P+](c1ccccc1)(c1ccccc1)c1ccccc1. The Morgan fingerprint density at radius 1 is 0.302 bits per heavy atom. The molecule has 0 radical (unpaired) electrons. The smallest absolute Gasteiger partial charge is 0.0620 e. The summed E-state index contributed by atoms with van der Waals surface area (Å²) in [6.07, 6.45) is 0.929. The minimum absolute atomic E-state index is 0.173. The van der Waals surface area contributed by atoms with Gasteiger partial charge in [0.2, 0.25) is 0 Å². The second kappa shape index (κ2) is 13.8. The van der Waals surface area contributed by atoms with Gasteiger partial charge in [-0.2, -0.15) is 0 Å². The van der Waals surface area contributed by atoms with Gasteiger partial charge in [-0.05, 0) is 105 Å². The Hall–Kier alpha value is -2.86. The van der Waals surface area contributed by atoms with E-state index in [-0.39, 0.29) is 9.14 Å². The van der Waals surface area contributed by atoms with Gasteiger partial charge in [-0.15, -0.1) is 0 Å². The minimum Gasteiger partial charge on any atom is -0.0620 e. The molecule has 43 heavy (non-hydrogen) atoms. The first-order valence-electron chi connectivity index (χ1n) is 14.6. The van der Waals surface area contributed by atoms with E-state index in [0.717, 1.165) is 6.42 Å². The molecule has 6 rings (SSSR count). The number of rotatable bonds is 10. The highest BCUT2D eigenvalue weighted by Crippen LogP contribution is 2.69. The Morgan fingerprint density at radius 3 is 0.628 bits per heavy atom. The lowest BCUT2D eigenvalue weighted by Gasteiger charge is -2.36. The van der Waals surface area contributed by atoms with Crippen molar-refractivity contribution < 1.29 is 0 Å². The highest BCUT2D eigenvalue weighted by molar-refractivity contribution is 9.11. The van der Waals surface area contributed by atoms with Crippen LogP contribution in [0.4, 0.5) is 0 Å². The molecule has 6 aromatic rings. The fourth-order valence-corrected chi connectivity index (χ4v) is 21.2. The third-order valence-electron chi connectivity index (χ3n) is 8.21. The average molecular weight is 724 g/mol. The van der Waals surface area contributed by atoms with Crippen LogP contribution >= 0.6 is 46.4 Å². The lowest BCUT2D eigenvalue weighted by Crippen LogP contribution is -2.41. The van der Waals surface area contributed by atoms with Crippen molar-refractivity contribution in [2.75, 3.05) is 0 Å². The summed E-state index contributed by atoms with van der Waals surface area (Å²) in [5, 5.41) is 8.32. The van der Waals surface area contributed by atoms with Gasteiger partial charge in [0, 0.05) is 6.42 Å². The maximum absolute atomic E-state index is 4.46. The second-order valence-corrected chi connectivity index (χ2v) is 21.4. The molecular formula is C39H34Br2P2+2. The van der Waals surface area contributed by atoms with E-state index in [4.69, 9.17) is 0 Å². The van der Waals surface area contributed by atoms with Crippen LogP contribution in [0.5, 0.6) is 0 Å². The summed E-state index contributed by atoms with van der Waals surface area (Å²) < 4.78 is 0.346. The second-order valence-electron chi connectivity index (χ2n) is 10.6. The molecule has 0 spiro atoms. The van der Waals surface area contributed by atoms with E-state index in [2.05, 4.69) is 214 Å². The number of hydrogen-bond donors (Lipinski definition) is 0. The molecule has 0 bridgehead atoms. The Bertz CT molecular complexity index is 1370. The molecule has 0 amide bonds. The largest absolute Gasteiger partial charge is 0.142 e. The van der Waals surface area contributed by atoms with Crippen molar-refractivity contribution in [1.29, 1.82) is 0 Å². The van der Waals surface area contributed by atoms with Crippen molar-refractivity contribution >= 4 is 78.2 Å². The van der Waals surface area contributed by atoms with E-state index in [9.17, 15) is 0 Å². The molecule has 0 fully saturated rings. The monoisotopic (exact) mass is 722 g/mol. The van der Waals surface area contributed by atoms with Crippen molar-refractivity contribution in [2.45, 2.75) is 15.6 Å². The van der Waals surface area contributed by atoms with E-state index >= 15 is 0 Å². The Morgan fingerprint density at radius 2 is 0.465 bits per heavy atom. The molecule has 6 aromatic carbocycles. The van der Waals surface area contributed by atoms with Crippen LogP contribution < -0.4 is 31.8 Å². The van der Waals surface area contributed by atoms with Crippen LogP contribution in [-0.4, -0.2) is 9.14 Å². The number of hydrogen-bond acceptors (Lipinski definition) is 0. The van der Waals surface area contributed by atoms with Crippen molar-refractivity contribution in [3.05, 3.63) is 182 Å². The highest BCUT2D eigenvalue weighted by Gasteiger charge is 2.57. The molecule has 0 saturated heterocycles. The zero-order valence-electron chi connectivity index (χ0n) is 23.8. The van der Waals surface area contributed by atoms with Crippen LogP contribution in [0.1, 0.15) is 6.42 Å². The van der Waals surface area contributed by atoms with E-state index in [1.807, 2.05) is 0 Å². The van der Waals surface area contributed by atoms with E-state index in [1.54, 1.807) is 0 Å². The molecule has 2 unspecified atom stereocenters. The summed E-state index contributed by atoms with van der Waals surface area (Å²) >= 11 is 8.92. The average Bonchev–Trinajstić information content (AvgIpc) is 3.08. The zero-order valence-corrected chi connectivity index (χ0v) is 28.8. The summed E-state index contributed by atoms with van der Waals surface area (Å²) in [6, 6.07) is 67.0. The molecule has 0 aliphatic carbocycles. The van der Waals surface area contributed by atoms with Gasteiger partial charge in [0.25, 0.3) is 0 Å². The van der Waals surface area contributed by atoms with Gasteiger partial charge in [-0.3, -0.25) is 0 Å². The van der Waals surface area contributed by atoms with Crippen molar-refractivity contribution in [3.8, 4) is 0 Å². The first kappa shape index (κ1) is 30.2. The van der Waals surface area contributed by atoms with E-state index < -0.39 is 14.5 Å².